The number of carboxylic acid groups (broad SMARTS) is 1. The molecule has 0 saturated carbocycles. The molecule has 6 heteroatoms. The fourth-order valence-electron chi connectivity index (χ4n) is 0.963. The number of nitrogens with one attached hydrogen (secondary N) is 1. The van der Waals surface area contributed by atoms with Crippen LogP contribution in [0.15, 0.2) is 24.3 Å². The maximum atomic E-state index is 13.0. The smallest absolute Gasteiger partial charge is 0.394 e. The number of carbonyl (C=O) groups excluding carboxylic acids is 1. The van der Waals surface area contributed by atoms with E-state index < -0.39 is 17.7 Å². The van der Waals surface area contributed by atoms with Crippen LogP contribution in [0.1, 0.15) is 0 Å². The Balaban J connectivity index is 2.29. The second-order valence-electron chi connectivity index (χ2n) is 2.84. The first-order valence-corrected chi connectivity index (χ1v) is 4.49. The highest BCUT2D eigenvalue weighted by Gasteiger charge is 2.09. The maximum Gasteiger partial charge on any atom is 0.394 e. The van der Waals surface area contributed by atoms with E-state index in [2.05, 4.69) is 5.32 Å². The van der Waals surface area contributed by atoms with Crippen molar-refractivity contribution in [2.24, 2.45) is 0 Å². The number of benzene rings is 1. The van der Waals surface area contributed by atoms with E-state index in [1.54, 1.807) is 6.07 Å². The van der Waals surface area contributed by atoms with E-state index in [0.717, 1.165) is 0 Å². The minimum Gasteiger partial charge on any atom is -0.489 e. The molecule has 1 rings (SSSR count). The first kappa shape index (κ1) is 12.0. The van der Waals surface area contributed by atoms with E-state index in [-0.39, 0.29) is 18.9 Å². The number of aliphatic carboxylic acids is 1. The minimum absolute atomic E-state index is 0.0000463. The second-order valence-corrected chi connectivity index (χ2v) is 2.84. The van der Waals surface area contributed by atoms with Gasteiger partial charge in [-0.1, -0.05) is 12.1 Å². The Bertz CT molecular complexity index is 394. The van der Waals surface area contributed by atoms with Crippen LogP contribution in [0.5, 0.6) is 5.75 Å². The van der Waals surface area contributed by atoms with Crippen LogP contribution < -0.4 is 10.1 Å². The average molecular weight is 227 g/mol. The van der Waals surface area contributed by atoms with E-state index in [1.807, 2.05) is 0 Å². The number of hydrogen-bond acceptors (Lipinski definition) is 3. The second kappa shape index (κ2) is 5.69. The van der Waals surface area contributed by atoms with Gasteiger partial charge in [-0.15, -0.1) is 0 Å². The van der Waals surface area contributed by atoms with Gasteiger partial charge in [-0.3, -0.25) is 4.79 Å². The number of para-hydroxylation sites is 1. The van der Waals surface area contributed by atoms with Crippen LogP contribution in [0.2, 0.25) is 0 Å². The highest BCUT2D eigenvalue weighted by Crippen LogP contribution is 2.14. The topological polar surface area (TPSA) is 75.6 Å². The van der Waals surface area contributed by atoms with Gasteiger partial charge in [0, 0.05) is 0 Å². The Kier molecular flexibility index (Phi) is 4.26. The van der Waals surface area contributed by atoms with Crippen molar-refractivity contribution in [3.63, 3.8) is 0 Å². The molecule has 2 N–H and O–H groups in total. The van der Waals surface area contributed by atoms with Gasteiger partial charge in [0.25, 0.3) is 0 Å². The summed E-state index contributed by atoms with van der Waals surface area (Å²) in [5, 5.41) is 10.3. The Labute approximate surface area is 90.8 Å². The van der Waals surface area contributed by atoms with Crippen LogP contribution >= 0.6 is 0 Å². The van der Waals surface area contributed by atoms with E-state index >= 15 is 0 Å². The molecule has 0 saturated heterocycles. The van der Waals surface area contributed by atoms with Crippen LogP contribution in [0.4, 0.5) is 4.39 Å². The lowest BCUT2D eigenvalue weighted by atomic mass is 10.3. The molecule has 0 aliphatic rings. The first-order valence-electron chi connectivity index (χ1n) is 4.49. The molecule has 0 unspecified atom stereocenters. The number of halogens is 1. The number of ether oxygens (including phenoxy) is 1. The first-order chi connectivity index (χ1) is 7.61. The Morgan fingerprint density at radius 2 is 2.06 bits per heavy atom. The Hall–Kier alpha value is -2.11. The van der Waals surface area contributed by atoms with Crippen molar-refractivity contribution < 1.29 is 23.8 Å². The molecule has 0 bridgehead atoms. The standard InChI is InChI=1S/C10H10FNO4/c11-7-3-1-2-4-8(7)16-6-5-12-9(13)10(14)15/h1-4H,5-6H2,(H,12,13)(H,14,15). The summed E-state index contributed by atoms with van der Waals surface area (Å²) in [5.74, 6) is -3.12. The van der Waals surface area contributed by atoms with Crippen molar-refractivity contribution in [2.75, 3.05) is 13.2 Å². The molecule has 86 valence electrons. The van der Waals surface area contributed by atoms with Crippen molar-refractivity contribution >= 4 is 11.9 Å². The molecule has 0 aliphatic heterocycles. The van der Waals surface area contributed by atoms with Gasteiger partial charge >= 0.3 is 11.9 Å². The highest BCUT2D eigenvalue weighted by atomic mass is 19.1. The molecule has 1 aromatic rings. The van der Waals surface area contributed by atoms with E-state index in [1.165, 1.54) is 18.2 Å². The molecule has 0 radical (unpaired) electrons. The van der Waals surface area contributed by atoms with Crippen LogP contribution in [0.3, 0.4) is 0 Å². The zero-order chi connectivity index (χ0) is 12.0. The molecular formula is C10H10FNO4. The maximum absolute atomic E-state index is 13.0. The number of amides is 1. The highest BCUT2D eigenvalue weighted by molar-refractivity contribution is 6.31. The van der Waals surface area contributed by atoms with Gasteiger partial charge < -0.3 is 15.2 Å². The minimum atomic E-state index is -1.56. The summed E-state index contributed by atoms with van der Waals surface area (Å²) in [4.78, 5) is 20.7. The summed E-state index contributed by atoms with van der Waals surface area (Å²) in [7, 11) is 0. The summed E-state index contributed by atoms with van der Waals surface area (Å²) < 4.78 is 18.0. The predicted molar refractivity (Wildman–Crippen MR) is 52.5 cm³/mol. The lowest BCUT2D eigenvalue weighted by Gasteiger charge is -2.06. The fraction of sp³-hybridized carbons (Fsp3) is 0.200. The summed E-state index contributed by atoms with van der Waals surface area (Å²) in [6.45, 7) is -0.000574. The molecule has 0 spiro atoms. The number of carboxylic acids is 1. The molecule has 1 amide bonds. The van der Waals surface area contributed by atoms with Crippen LogP contribution in [-0.4, -0.2) is 30.1 Å². The van der Waals surface area contributed by atoms with Gasteiger partial charge in [0.1, 0.15) is 6.61 Å². The van der Waals surface area contributed by atoms with Crippen LogP contribution in [-0.2, 0) is 9.59 Å². The molecule has 0 atom stereocenters. The molecule has 16 heavy (non-hydrogen) atoms. The van der Waals surface area contributed by atoms with Gasteiger partial charge in [0.05, 0.1) is 6.54 Å². The molecule has 0 fully saturated rings. The van der Waals surface area contributed by atoms with Crippen molar-refractivity contribution in [1.82, 2.24) is 5.32 Å². The molecule has 5 nitrogen and oxygen atoms in total. The monoisotopic (exact) mass is 227 g/mol. The fourth-order valence-corrected chi connectivity index (χ4v) is 0.963. The summed E-state index contributed by atoms with van der Waals surface area (Å²) in [5.41, 5.74) is 0. The van der Waals surface area contributed by atoms with Crippen LogP contribution in [0, 0.1) is 5.82 Å². The lowest BCUT2D eigenvalue weighted by Crippen LogP contribution is -2.33. The third kappa shape index (κ3) is 3.56. The number of carbonyl (C=O) groups is 2. The van der Waals surface area contributed by atoms with Crippen molar-refractivity contribution in [3.8, 4) is 5.75 Å². The van der Waals surface area contributed by atoms with Crippen LogP contribution in [0.25, 0.3) is 0 Å². The molecule has 0 aromatic heterocycles. The summed E-state index contributed by atoms with van der Waals surface area (Å²) >= 11 is 0. The van der Waals surface area contributed by atoms with Crippen molar-refractivity contribution in [2.45, 2.75) is 0 Å². The van der Waals surface area contributed by atoms with E-state index in [4.69, 9.17) is 9.84 Å². The number of hydrogen-bond donors (Lipinski definition) is 2. The molecule has 1 aromatic carbocycles. The zero-order valence-electron chi connectivity index (χ0n) is 8.27. The third-order valence-electron chi connectivity index (χ3n) is 1.68. The van der Waals surface area contributed by atoms with Crippen molar-refractivity contribution in [1.29, 1.82) is 0 Å². The van der Waals surface area contributed by atoms with E-state index in [0.29, 0.717) is 0 Å². The molecule has 0 heterocycles. The van der Waals surface area contributed by atoms with Gasteiger partial charge in [-0.2, -0.15) is 0 Å². The lowest BCUT2D eigenvalue weighted by molar-refractivity contribution is -0.150. The molecule has 0 aliphatic carbocycles. The predicted octanol–water partition coefficient (Wildman–Crippen LogP) is 0.405. The van der Waals surface area contributed by atoms with E-state index in [9.17, 15) is 14.0 Å². The zero-order valence-corrected chi connectivity index (χ0v) is 8.27. The SMILES string of the molecule is O=C(O)C(=O)NCCOc1ccccc1F. The van der Waals surface area contributed by atoms with Gasteiger partial charge in [0.15, 0.2) is 11.6 Å². The van der Waals surface area contributed by atoms with Gasteiger partial charge in [0.2, 0.25) is 0 Å². The summed E-state index contributed by atoms with van der Waals surface area (Å²) in [6.07, 6.45) is 0. The van der Waals surface area contributed by atoms with Gasteiger partial charge in [-0.05, 0) is 12.1 Å². The number of rotatable bonds is 4. The third-order valence-corrected chi connectivity index (χ3v) is 1.68. The van der Waals surface area contributed by atoms with Crippen molar-refractivity contribution in [3.05, 3.63) is 30.1 Å². The Morgan fingerprint density at radius 1 is 1.38 bits per heavy atom. The Morgan fingerprint density at radius 3 is 2.69 bits per heavy atom. The summed E-state index contributed by atoms with van der Waals surface area (Å²) in [6, 6.07) is 5.81. The normalized spacial score (nSPS) is 9.56. The quantitative estimate of drug-likeness (QED) is 0.577. The molecular weight excluding hydrogens is 217 g/mol. The largest absolute Gasteiger partial charge is 0.489 e. The van der Waals surface area contributed by atoms with Gasteiger partial charge in [-0.25, -0.2) is 9.18 Å². The average Bonchev–Trinajstić information content (AvgIpc) is 2.26.